The summed E-state index contributed by atoms with van der Waals surface area (Å²) >= 11 is 0. The quantitative estimate of drug-likeness (QED) is 0.687. The largest absolute Gasteiger partial charge is 0.353 e. The van der Waals surface area contributed by atoms with E-state index in [4.69, 9.17) is 0 Å². The highest BCUT2D eigenvalue weighted by Gasteiger charge is 2.26. The van der Waals surface area contributed by atoms with Crippen molar-refractivity contribution < 1.29 is 13.2 Å². The molecule has 2 aliphatic rings. The summed E-state index contributed by atoms with van der Waals surface area (Å²) in [5, 5.41) is 0. The van der Waals surface area contributed by atoms with E-state index in [1.807, 2.05) is 35.2 Å². The van der Waals surface area contributed by atoms with E-state index in [0.29, 0.717) is 43.9 Å². The first-order chi connectivity index (χ1) is 15.0. The number of carbonyl (C=O) groups is 1. The smallest absolute Gasteiger partial charge is 0.243 e. The van der Waals surface area contributed by atoms with Crippen molar-refractivity contribution in [3.63, 3.8) is 0 Å². The van der Waals surface area contributed by atoms with E-state index < -0.39 is 10.0 Å². The van der Waals surface area contributed by atoms with Gasteiger partial charge < -0.3 is 9.80 Å². The van der Waals surface area contributed by atoms with E-state index in [2.05, 4.69) is 9.88 Å². The van der Waals surface area contributed by atoms with Crippen LogP contribution in [-0.4, -0.2) is 67.8 Å². The molecule has 0 aliphatic carbocycles. The van der Waals surface area contributed by atoms with Gasteiger partial charge in [0.2, 0.25) is 15.9 Å². The highest BCUT2D eigenvalue weighted by atomic mass is 32.2. The van der Waals surface area contributed by atoms with E-state index in [-0.39, 0.29) is 5.91 Å². The Bertz CT molecular complexity index is 966. The average Bonchev–Trinajstić information content (AvgIpc) is 2.84. The van der Waals surface area contributed by atoms with E-state index >= 15 is 0 Å². The van der Waals surface area contributed by atoms with Crippen LogP contribution >= 0.6 is 0 Å². The van der Waals surface area contributed by atoms with Crippen molar-refractivity contribution in [2.24, 2.45) is 0 Å². The molecule has 1 aromatic heterocycles. The second-order valence-corrected chi connectivity index (χ2v) is 10.1. The van der Waals surface area contributed by atoms with Gasteiger partial charge in [-0.15, -0.1) is 0 Å². The van der Waals surface area contributed by atoms with Crippen molar-refractivity contribution >= 4 is 21.7 Å². The highest BCUT2D eigenvalue weighted by Crippen LogP contribution is 2.21. The summed E-state index contributed by atoms with van der Waals surface area (Å²) in [4.78, 5) is 21.5. The number of sulfonamides is 1. The summed E-state index contributed by atoms with van der Waals surface area (Å²) in [7, 11) is -3.41. The zero-order chi connectivity index (χ0) is 21.7. The van der Waals surface area contributed by atoms with E-state index in [9.17, 15) is 13.2 Å². The number of hydrogen-bond acceptors (Lipinski definition) is 5. The molecule has 1 aromatic carbocycles. The van der Waals surface area contributed by atoms with Gasteiger partial charge >= 0.3 is 0 Å². The second kappa shape index (κ2) is 9.78. The summed E-state index contributed by atoms with van der Waals surface area (Å²) in [5.74, 6) is 1.10. The van der Waals surface area contributed by atoms with Crippen LogP contribution < -0.4 is 4.90 Å². The number of carbonyl (C=O) groups excluding carboxylic acids is 1. The Balaban J connectivity index is 1.27. The van der Waals surface area contributed by atoms with Crippen LogP contribution in [0.25, 0.3) is 0 Å². The van der Waals surface area contributed by atoms with Crippen LogP contribution in [0, 0.1) is 0 Å². The Kier molecular flexibility index (Phi) is 6.87. The molecule has 2 fully saturated rings. The number of aromatic nitrogens is 1. The van der Waals surface area contributed by atoms with Crippen molar-refractivity contribution in [3.8, 4) is 0 Å². The van der Waals surface area contributed by atoms with Crippen LogP contribution in [0.4, 0.5) is 5.82 Å². The number of aryl methyl sites for hydroxylation is 1. The summed E-state index contributed by atoms with van der Waals surface area (Å²) in [5.41, 5.74) is 0.984. The molecule has 2 saturated heterocycles. The van der Waals surface area contributed by atoms with E-state index in [1.54, 1.807) is 22.6 Å². The van der Waals surface area contributed by atoms with Gasteiger partial charge in [0.1, 0.15) is 5.82 Å². The van der Waals surface area contributed by atoms with Crippen LogP contribution in [0.3, 0.4) is 0 Å². The van der Waals surface area contributed by atoms with E-state index in [0.717, 1.165) is 43.7 Å². The summed E-state index contributed by atoms with van der Waals surface area (Å²) < 4.78 is 27.1. The Labute approximate surface area is 184 Å². The third-order valence-corrected chi connectivity index (χ3v) is 8.02. The molecule has 2 aliphatic heterocycles. The minimum Gasteiger partial charge on any atom is -0.353 e. The number of hydrogen-bond donors (Lipinski definition) is 0. The second-order valence-electron chi connectivity index (χ2n) is 8.16. The monoisotopic (exact) mass is 442 g/mol. The molecular weight excluding hydrogens is 412 g/mol. The first-order valence-electron chi connectivity index (χ1n) is 11.1. The van der Waals surface area contributed by atoms with Gasteiger partial charge in [-0.1, -0.05) is 24.6 Å². The number of anilines is 1. The SMILES string of the molecule is O=C(CCc1ccc(S(=O)(=O)N2CCCCC2)cc1)N1CCN(c2ccccn2)CC1. The maximum atomic E-state index is 12.8. The predicted octanol–water partition coefficient (Wildman–Crippen LogP) is 2.54. The van der Waals surface area contributed by atoms with Crippen molar-refractivity contribution in [2.75, 3.05) is 44.2 Å². The Morgan fingerprint density at radius 1 is 0.871 bits per heavy atom. The van der Waals surface area contributed by atoms with Crippen LogP contribution in [-0.2, 0) is 21.2 Å². The van der Waals surface area contributed by atoms with Crippen molar-refractivity contribution in [3.05, 3.63) is 54.2 Å². The molecule has 1 amide bonds. The molecule has 0 radical (unpaired) electrons. The molecule has 2 aromatic rings. The molecule has 0 spiro atoms. The Hall–Kier alpha value is -2.45. The third-order valence-electron chi connectivity index (χ3n) is 6.11. The van der Waals surface area contributed by atoms with Gasteiger partial charge in [-0.3, -0.25) is 4.79 Å². The summed E-state index contributed by atoms with van der Waals surface area (Å²) in [6.07, 6.45) is 5.78. The van der Waals surface area contributed by atoms with Crippen LogP contribution in [0.2, 0.25) is 0 Å². The standard InChI is InChI=1S/C23H30N4O3S/c28-23(26-18-16-25(17-19-26)22-6-2-3-13-24-22)12-9-20-7-10-21(11-8-20)31(29,30)27-14-4-1-5-15-27/h2-3,6-8,10-11,13H,1,4-5,9,12,14-19H2. The molecule has 3 heterocycles. The van der Waals surface area contributed by atoms with Crippen LogP contribution in [0.1, 0.15) is 31.2 Å². The molecule has 31 heavy (non-hydrogen) atoms. The normalized spacial score (nSPS) is 18.2. The Morgan fingerprint density at radius 2 is 1.58 bits per heavy atom. The maximum Gasteiger partial charge on any atom is 0.243 e. The van der Waals surface area contributed by atoms with Gasteiger partial charge in [-0.25, -0.2) is 13.4 Å². The molecule has 0 saturated carbocycles. The average molecular weight is 443 g/mol. The summed E-state index contributed by atoms with van der Waals surface area (Å²) in [6, 6.07) is 12.9. The van der Waals surface area contributed by atoms with Gasteiger partial charge in [-0.2, -0.15) is 4.31 Å². The molecule has 4 rings (SSSR count). The van der Waals surface area contributed by atoms with Gasteiger partial charge in [-0.05, 0) is 49.1 Å². The van der Waals surface area contributed by atoms with Crippen LogP contribution in [0.5, 0.6) is 0 Å². The molecule has 166 valence electrons. The fourth-order valence-corrected chi connectivity index (χ4v) is 5.73. The zero-order valence-corrected chi connectivity index (χ0v) is 18.6. The maximum absolute atomic E-state index is 12.8. The number of amides is 1. The van der Waals surface area contributed by atoms with Gasteiger partial charge in [0.05, 0.1) is 4.90 Å². The number of rotatable bonds is 6. The van der Waals surface area contributed by atoms with Gasteiger partial charge in [0.25, 0.3) is 0 Å². The van der Waals surface area contributed by atoms with Crippen molar-refractivity contribution in [1.82, 2.24) is 14.2 Å². The summed E-state index contributed by atoms with van der Waals surface area (Å²) in [6.45, 7) is 4.17. The first-order valence-corrected chi connectivity index (χ1v) is 12.5. The minimum atomic E-state index is -3.41. The van der Waals surface area contributed by atoms with Crippen LogP contribution in [0.15, 0.2) is 53.6 Å². The number of piperidine rings is 1. The lowest BCUT2D eigenvalue weighted by Crippen LogP contribution is -2.49. The number of piperazine rings is 1. The molecule has 0 N–H and O–H groups in total. The Morgan fingerprint density at radius 3 is 2.23 bits per heavy atom. The van der Waals surface area contributed by atoms with Gasteiger partial charge in [0.15, 0.2) is 0 Å². The first kappa shape index (κ1) is 21.8. The lowest BCUT2D eigenvalue weighted by atomic mass is 10.1. The fourth-order valence-electron chi connectivity index (χ4n) is 4.22. The highest BCUT2D eigenvalue weighted by molar-refractivity contribution is 7.89. The number of pyridine rings is 1. The molecule has 8 heteroatoms. The molecule has 0 bridgehead atoms. The molecule has 7 nitrogen and oxygen atoms in total. The number of nitrogens with zero attached hydrogens (tertiary/aromatic N) is 4. The predicted molar refractivity (Wildman–Crippen MR) is 120 cm³/mol. The molecule has 0 unspecified atom stereocenters. The topological polar surface area (TPSA) is 73.8 Å². The molecule has 0 atom stereocenters. The third kappa shape index (κ3) is 5.25. The zero-order valence-electron chi connectivity index (χ0n) is 17.8. The van der Waals surface area contributed by atoms with Crippen molar-refractivity contribution in [1.29, 1.82) is 0 Å². The minimum absolute atomic E-state index is 0.144. The number of benzene rings is 1. The lowest BCUT2D eigenvalue weighted by Gasteiger charge is -2.35. The molecular formula is C23H30N4O3S. The van der Waals surface area contributed by atoms with E-state index in [1.165, 1.54) is 0 Å². The lowest BCUT2D eigenvalue weighted by molar-refractivity contribution is -0.131. The van der Waals surface area contributed by atoms with Crippen molar-refractivity contribution in [2.45, 2.75) is 37.0 Å². The van der Waals surface area contributed by atoms with Gasteiger partial charge in [0, 0.05) is 51.9 Å². The fraction of sp³-hybridized carbons (Fsp3) is 0.478.